The molecule has 1 saturated carbocycles. The second kappa shape index (κ2) is 8.67. The molecular formula is C25H25FN2O4S. The first-order chi connectivity index (χ1) is 15.9. The Morgan fingerprint density at radius 2 is 2.06 bits per heavy atom. The van der Waals surface area contributed by atoms with Crippen LogP contribution in [0.25, 0.3) is 11.1 Å². The number of anilines is 1. The van der Waals surface area contributed by atoms with Gasteiger partial charge < -0.3 is 14.8 Å². The van der Waals surface area contributed by atoms with Crippen molar-refractivity contribution in [1.82, 2.24) is 4.98 Å². The molecule has 0 radical (unpaired) electrons. The number of benzene rings is 2. The highest BCUT2D eigenvalue weighted by Gasteiger charge is 2.27. The topological polar surface area (TPSA) is 77.5 Å². The Labute approximate surface area is 192 Å². The summed E-state index contributed by atoms with van der Waals surface area (Å²) in [5.74, 6) is 1.29. The zero-order valence-corrected chi connectivity index (χ0v) is 19.1. The van der Waals surface area contributed by atoms with Gasteiger partial charge in [0.25, 0.3) is 0 Å². The SMILES string of the molecule is CS(=O)(=O)c1cccc(COc2c(C3CCC3)ccc(-c3cnc4c(c3)OCCN4)c2F)c1. The lowest BCUT2D eigenvalue weighted by atomic mass is 9.79. The molecule has 0 bridgehead atoms. The summed E-state index contributed by atoms with van der Waals surface area (Å²) in [6, 6.07) is 12.1. The Morgan fingerprint density at radius 3 is 2.82 bits per heavy atom. The van der Waals surface area contributed by atoms with Crippen molar-refractivity contribution in [1.29, 1.82) is 0 Å². The van der Waals surface area contributed by atoms with Crippen LogP contribution >= 0.6 is 0 Å². The summed E-state index contributed by atoms with van der Waals surface area (Å²) in [6.07, 6.45) is 5.90. The molecule has 0 amide bonds. The molecule has 172 valence electrons. The van der Waals surface area contributed by atoms with E-state index in [9.17, 15) is 8.42 Å². The third kappa shape index (κ3) is 4.39. The summed E-state index contributed by atoms with van der Waals surface area (Å²) in [6.45, 7) is 1.28. The molecule has 2 aromatic carbocycles. The van der Waals surface area contributed by atoms with Gasteiger partial charge in [0.15, 0.2) is 33.0 Å². The lowest BCUT2D eigenvalue weighted by Crippen LogP contribution is -2.19. The molecule has 2 heterocycles. The molecule has 1 aliphatic carbocycles. The number of halogens is 1. The monoisotopic (exact) mass is 468 g/mol. The predicted octanol–water partition coefficient (Wildman–Crippen LogP) is 4.94. The van der Waals surface area contributed by atoms with E-state index < -0.39 is 15.7 Å². The van der Waals surface area contributed by atoms with E-state index in [1.807, 2.05) is 6.07 Å². The largest absolute Gasteiger partial charge is 0.488 e. The van der Waals surface area contributed by atoms with Crippen molar-refractivity contribution in [3.05, 3.63) is 65.6 Å². The Bertz CT molecular complexity index is 1310. The van der Waals surface area contributed by atoms with Crippen LogP contribution in [-0.2, 0) is 16.4 Å². The highest BCUT2D eigenvalue weighted by Crippen LogP contribution is 2.44. The third-order valence-corrected chi connectivity index (χ3v) is 7.31. The number of rotatable bonds is 6. The van der Waals surface area contributed by atoms with Crippen LogP contribution < -0.4 is 14.8 Å². The summed E-state index contributed by atoms with van der Waals surface area (Å²) in [5.41, 5.74) is 2.52. The van der Waals surface area contributed by atoms with Gasteiger partial charge in [0, 0.05) is 29.1 Å². The number of sulfone groups is 1. The van der Waals surface area contributed by atoms with E-state index in [-0.39, 0.29) is 23.2 Å². The Morgan fingerprint density at radius 1 is 1.21 bits per heavy atom. The molecule has 6 nitrogen and oxygen atoms in total. The van der Waals surface area contributed by atoms with Crippen LogP contribution in [0.15, 0.2) is 53.6 Å². The van der Waals surface area contributed by atoms with Crippen LogP contribution in [0.2, 0.25) is 0 Å². The smallest absolute Gasteiger partial charge is 0.175 e. The fourth-order valence-corrected chi connectivity index (χ4v) is 4.86. The lowest BCUT2D eigenvalue weighted by molar-refractivity contribution is 0.278. The number of hydrogen-bond donors (Lipinski definition) is 1. The van der Waals surface area contributed by atoms with Gasteiger partial charge in [-0.25, -0.2) is 17.8 Å². The van der Waals surface area contributed by atoms with E-state index in [2.05, 4.69) is 10.3 Å². The zero-order valence-electron chi connectivity index (χ0n) is 18.3. The van der Waals surface area contributed by atoms with Crippen molar-refractivity contribution >= 4 is 15.7 Å². The van der Waals surface area contributed by atoms with Crippen LogP contribution in [0.5, 0.6) is 11.5 Å². The minimum atomic E-state index is -3.34. The molecule has 1 N–H and O–H groups in total. The molecule has 0 spiro atoms. The van der Waals surface area contributed by atoms with Crippen LogP contribution in [0, 0.1) is 5.82 Å². The van der Waals surface area contributed by atoms with E-state index in [4.69, 9.17) is 9.47 Å². The quantitative estimate of drug-likeness (QED) is 0.552. The molecule has 1 aliphatic heterocycles. The highest BCUT2D eigenvalue weighted by atomic mass is 32.2. The van der Waals surface area contributed by atoms with Gasteiger partial charge in [0.1, 0.15) is 13.2 Å². The van der Waals surface area contributed by atoms with Crippen LogP contribution in [0.3, 0.4) is 0 Å². The summed E-state index contributed by atoms with van der Waals surface area (Å²) in [5, 5.41) is 3.16. The average Bonchev–Trinajstić information content (AvgIpc) is 2.77. The summed E-state index contributed by atoms with van der Waals surface area (Å²) in [7, 11) is -3.34. The standard InChI is InChI=1S/C25H25FN2O4S/c1-33(29,30)19-7-2-4-16(12-19)15-32-24-21(17-5-3-6-17)9-8-20(23(24)26)18-13-22-25(28-14-18)27-10-11-31-22/h2,4,7-9,12-14,17H,3,5-6,10-11,15H2,1H3,(H,27,28). The normalized spacial score (nSPS) is 15.7. The highest BCUT2D eigenvalue weighted by molar-refractivity contribution is 7.90. The maximum Gasteiger partial charge on any atom is 0.175 e. The van der Waals surface area contributed by atoms with Crippen molar-refractivity contribution in [2.24, 2.45) is 0 Å². The molecular weight excluding hydrogens is 443 g/mol. The number of pyridine rings is 1. The second-order valence-electron chi connectivity index (χ2n) is 8.53. The maximum absolute atomic E-state index is 15.8. The summed E-state index contributed by atoms with van der Waals surface area (Å²) < 4.78 is 51.3. The molecule has 3 aromatic rings. The van der Waals surface area contributed by atoms with Crippen molar-refractivity contribution in [2.75, 3.05) is 24.7 Å². The first kappa shape index (κ1) is 21.7. The van der Waals surface area contributed by atoms with E-state index in [1.54, 1.807) is 42.6 Å². The molecule has 0 atom stereocenters. The Hall–Kier alpha value is -3.13. The number of hydrogen-bond acceptors (Lipinski definition) is 6. The summed E-state index contributed by atoms with van der Waals surface area (Å²) in [4.78, 5) is 4.59. The van der Waals surface area contributed by atoms with Gasteiger partial charge in [-0.05, 0) is 42.5 Å². The molecule has 1 fully saturated rings. The maximum atomic E-state index is 15.8. The van der Waals surface area contributed by atoms with Gasteiger partial charge >= 0.3 is 0 Å². The van der Waals surface area contributed by atoms with Crippen molar-refractivity contribution in [2.45, 2.75) is 36.7 Å². The molecule has 0 unspecified atom stereocenters. The lowest BCUT2D eigenvalue weighted by Gasteiger charge is -2.28. The molecule has 33 heavy (non-hydrogen) atoms. The van der Waals surface area contributed by atoms with Crippen molar-refractivity contribution in [3.8, 4) is 22.6 Å². The minimum Gasteiger partial charge on any atom is -0.488 e. The van der Waals surface area contributed by atoms with Gasteiger partial charge in [-0.2, -0.15) is 0 Å². The third-order valence-electron chi connectivity index (χ3n) is 6.20. The Balaban J connectivity index is 1.49. The van der Waals surface area contributed by atoms with E-state index >= 15 is 4.39 Å². The van der Waals surface area contributed by atoms with Crippen LogP contribution in [0.1, 0.15) is 36.3 Å². The summed E-state index contributed by atoms with van der Waals surface area (Å²) >= 11 is 0. The molecule has 8 heteroatoms. The Kier molecular flexibility index (Phi) is 5.70. The molecule has 1 aromatic heterocycles. The fraction of sp³-hybridized carbons (Fsp3) is 0.320. The number of fused-ring (bicyclic) bond motifs is 1. The fourth-order valence-electron chi connectivity index (χ4n) is 4.17. The van der Waals surface area contributed by atoms with Crippen LogP contribution in [0.4, 0.5) is 10.2 Å². The van der Waals surface area contributed by atoms with E-state index in [0.29, 0.717) is 41.4 Å². The number of aromatic nitrogens is 1. The van der Waals surface area contributed by atoms with Gasteiger partial charge in [-0.1, -0.05) is 30.7 Å². The van der Waals surface area contributed by atoms with Gasteiger partial charge in [0.05, 0.1) is 11.4 Å². The van der Waals surface area contributed by atoms with E-state index in [0.717, 1.165) is 31.1 Å². The minimum absolute atomic E-state index is 0.0684. The number of ether oxygens (including phenoxy) is 2. The predicted molar refractivity (Wildman–Crippen MR) is 124 cm³/mol. The first-order valence-corrected chi connectivity index (χ1v) is 12.9. The molecule has 2 aliphatic rings. The zero-order chi connectivity index (χ0) is 23.0. The first-order valence-electron chi connectivity index (χ1n) is 11.0. The van der Waals surface area contributed by atoms with Gasteiger partial charge in [-0.15, -0.1) is 0 Å². The molecule has 0 saturated heterocycles. The van der Waals surface area contributed by atoms with Gasteiger partial charge in [-0.3, -0.25) is 0 Å². The van der Waals surface area contributed by atoms with Crippen molar-refractivity contribution in [3.63, 3.8) is 0 Å². The van der Waals surface area contributed by atoms with Crippen molar-refractivity contribution < 1.29 is 22.3 Å². The van der Waals surface area contributed by atoms with Gasteiger partial charge in [0.2, 0.25) is 0 Å². The van der Waals surface area contributed by atoms with E-state index in [1.165, 1.54) is 0 Å². The number of nitrogens with one attached hydrogen (secondary N) is 1. The number of nitrogens with zero attached hydrogens (tertiary/aromatic N) is 1. The van der Waals surface area contributed by atoms with Crippen LogP contribution in [-0.4, -0.2) is 32.8 Å². The second-order valence-corrected chi connectivity index (χ2v) is 10.5. The average molecular weight is 469 g/mol. The molecule has 5 rings (SSSR count).